The lowest BCUT2D eigenvalue weighted by Gasteiger charge is -2.34. The van der Waals surface area contributed by atoms with Gasteiger partial charge in [0.05, 0.1) is 16.3 Å². The van der Waals surface area contributed by atoms with Crippen LogP contribution in [0.4, 0.5) is 0 Å². The van der Waals surface area contributed by atoms with Crippen LogP contribution in [0.1, 0.15) is 17.0 Å². The first-order valence-corrected chi connectivity index (χ1v) is 11.3. The number of rotatable bonds is 6. The molecule has 0 unspecified atom stereocenters. The normalized spacial score (nSPS) is 15.9. The highest BCUT2D eigenvalue weighted by Gasteiger charge is 2.29. The number of hydrogen-bond acceptors (Lipinski definition) is 6. The summed E-state index contributed by atoms with van der Waals surface area (Å²) in [4.78, 5) is 14.4. The molecule has 146 valence electrons. The van der Waals surface area contributed by atoms with Gasteiger partial charge < -0.3 is 9.42 Å². The first kappa shape index (κ1) is 19.9. The molecule has 1 aromatic heterocycles. The Morgan fingerprint density at radius 2 is 1.81 bits per heavy atom. The molecule has 1 aliphatic heterocycles. The van der Waals surface area contributed by atoms with Gasteiger partial charge in [0.1, 0.15) is 5.76 Å². The van der Waals surface area contributed by atoms with Crippen molar-refractivity contribution in [3.63, 3.8) is 0 Å². The second-order valence-electron chi connectivity index (χ2n) is 6.39. The van der Waals surface area contributed by atoms with Gasteiger partial charge in [0.15, 0.2) is 0 Å². The van der Waals surface area contributed by atoms with Crippen molar-refractivity contribution in [1.29, 1.82) is 0 Å². The van der Waals surface area contributed by atoms with E-state index < -0.39 is 10.0 Å². The van der Waals surface area contributed by atoms with Crippen LogP contribution >= 0.6 is 11.8 Å². The summed E-state index contributed by atoms with van der Waals surface area (Å²) in [5.41, 5.74) is 1.89. The predicted octanol–water partition coefficient (Wildman–Crippen LogP) is 2.06. The monoisotopic (exact) mass is 409 g/mol. The Balaban J connectivity index is 1.49. The van der Waals surface area contributed by atoms with Crippen LogP contribution in [-0.4, -0.2) is 60.6 Å². The average molecular weight is 410 g/mol. The largest absolute Gasteiger partial charge is 0.361 e. The Morgan fingerprint density at radius 3 is 2.41 bits per heavy atom. The Kier molecular flexibility index (Phi) is 6.23. The van der Waals surface area contributed by atoms with Crippen LogP contribution in [0.3, 0.4) is 0 Å². The summed E-state index contributed by atoms with van der Waals surface area (Å²) < 4.78 is 31.8. The number of piperazine rings is 1. The van der Waals surface area contributed by atoms with Crippen molar-refractivity contribution in [3.05, 3.63) is 47.3 Å². The molecule has 0 aliphatic carbocycles. The van der Waals surface area contributed by atoms with Gasteiger partial charge in [-0.2, -0.15) is 4.31 Å². The fraction of sp³-hybridized carbons (Fsp3) is 0.444. The Morgan fingerprint density at radius 1 is 1.15 bits per heavy atom. The number of aromatic nitrogens is 1. The average Bonchev–Trinajstić information content (AvgIpc) is 3.00. The van der Waals surface area contributed by atoms with Crippen LogP contribution in [0.2, 0.25) is 0 Å². The number of amides is 1. The van der Waals surface area contributed by atoms with Crippen LogP contribution in [0.25, 0.3) is 0 Å². The van der Waals surface area contributed by atoms with Crippen molar-refractivity contribution in [2.75, 3.05) is 31.9 Å². The van der Waals surface area contributed by atoms with E-state index in [-0.39, 0.29) is 5.91 Å². The van der Waals surface area contributed by atoms with Crippen LogP contribution in [0.5, 0.6) is 0 Å². The third-order valence-corrected chi connectivity index (χ3v) is 7.48. The third kappa shape index (κ3) is 4.53. The fourth-order valence-corrected chi connectivity index (χ4v) is 5.48. The fourth-order valence-electron chi connectivity index (χ4n) is 2.96. The molecule has 27 heavy (non-hydrogen) atoms. The maximum Gasteiger partial charge on any atom is 0.243 e. The summed E-state index contributed by atoms with van der Waals surface area (Å²) in [7, 11) is -3.49. The molecule has 2 aromatic rings. The lowest BCUT2D eigenvalue weighted by Crippen LogP contribution is -2.50. The molecule has 3 rings (SSSR count). The van der Waals surface area contributed by atoms with Gasteiger partial charge in [-0.15, -0.1) is 11.8 Å². The number of aryl methyl sites for hydroxylation is 2. The molecular weight excluding hydrogens is 386 g/mol. The van der Waals surface area contributed by atoms with E-state index in [9.17, 15) is 13.2 Å². The second-order valence-corrected chi connectivity index (χ2v) is 9.32. The Bertz CT molecular complexity index is 869. The number of thioether (sulfide) groups is 1. The minimum absolute atomic E-state index is 0.0310. The number of nitrogens with zero attached hydrogens (tertiary/aromatic N) is 3. The molecule has 0 radical (unpaired) electrons. The van der Waals surface area contributed by atoms with Gasteiger partial charge in [-0.25, -0.2) is 8.42 Å². The van der Waals surface area contributed by atoms with E-state index in [0.29, 0.717) is 42.6 Å². The van der Waals surface area contributed by atoms with E-state index in [1.807, 2.05) is 13.8 Å². The van der Waals surface area contributed by atoms with Gasteiger partial charge in [-0.05, 0) is 26.0 Å². The van der Waals surface area contributed by atoms with Crippen LogP contribution in [-0.2, 0) is 20.6 Å². The van der Waals surface area contributed by atoms with Crippen LogP contribution in [0, 0.1) is 13.8 Å². The summed E-state index contributed by atoms with van der Waals surface area (Å²) >= 11 is 1.52. The molecule has 1 amide bonds. The van der Waals surface area contributed by atoms with Crippen molar-refractivity contribution in [3.8, 4) is 0 Å². The predicted molar refractivity (Wildman–Crippen MR) is 104 cm³/mol. The van der Waals surface area contributed by atoms with Crippen molar-refractivity contribution in [2.45, 2.75) is 24.5 Å². The van der Waals surface area contributed by atoms with E-state index in [2.05, 4.69) is 5.16 Å². The molecule has 0 bridgehead atoms. The molecule has 0 spiro atoms. The highest BCUT2D eigenvalue weighted by molar-refractivity contribution is 7.99. The van der Waals surface area contributed by atoms with E-state index in [0.717, 1.165) is 17.0 Å². The van der Waals surface area contributed by atoms with Crippen molar-refractivity contribution >= 4 is 27.7 Å². The molecule has 1 saturated heterocycles. The van der Waals surface area contributed by atoms with Gasteiger partial charge in [-0.3, -0.25) is 4.79 Å². The third-order valence-electron chi connectivity index (χ3n) is 4.63. The summed E-state index contributed by atoms with van der Waals surface area (Å²) in [6, 6.07) is 8.40. The van der Waals surface area contributed by atoms with E-state index >= 15 is 0 Å². The van der Waals surface area contributed by atoms with Gasteiger partial charge in [0, 0.05) is 37.5 Å². The molecule has 1 fully saturated rings. The van der Waals surface area contributed by atoms with Gasteiger partial charge in [-0.1, -0.05) is 23.4 Å². The van der Waals surface area contributed by atoms with Gasteiger partial charge >= 0.3 is 0 Å². The highest BCUT2D eigenvalue weighted by Crippen LogP contribution is 2.21. The molecule has 7 nitrogen and oxygen atoms in total. The zero-order chi connectivity index (χ0) is 19.4. The maximum absolute atomic E-state index is 12.6. The number of carbonyl (C=O) groups excluding carboxylic acids is 1. The van der Waals surface area contributed by atoms with Crippen molar-refractivity contribution < 1.29 is 17.7 Å². The molecule has 2 heterocycles. The highest BCUT2D eigenvalue weighted by atomic mass is 32.2. The first-order valence-electron chi connectivity index (χ1n) is 8.72. The lowest BCUT2D eigenvalue weighted by molar-refractivity contribution is -0.129. The van der Waals surface area contributed by atoms with Crippen LogP contribution < -0.4 is 0 Å². The molecule has 0 N–H and O–H groups in total. The van der Waals surface area contributed by atoms with Gasteiger partial charge in [0.2, 0.25) is 15.9 Å². The summed E-state index contributed by atoms with van der Waals surface area (Å²) in [6.07, 6.45) is 0. The Hall–Kier alpha value is -1.84. The molecule has 9 heteroatoms. The SMILES string of the molecule is Cc1noc(C)c1CSCC(=O)N1CCN(S(=O)(=O)c2ccccc2)CC1. The minimum atomic E-state index is -3.49. The summed E-state index contributed by atoms with van der Waals surface area (Å²) in [5.74, 6) is 1.85. The Labute approximate surface area is 163 Å². The molecule has 0 saturated carbocycles. The zero-order valence-corrected chi connectivity index (χ0v) is 17.1. The number of carbonyl (C=O) groups is 1. The van der Waals surface area contributed by atoms with E-state index in [1.54, 1.807) is 35.2 Å². The zero-order valence-electron chi connectivity index (χ0n) is 15.4. The number of benzene rings is 1. The second kappa shape index (κ2) is 8.45. The smallest absolute Gasteiger partial charge is 0.243 e. The minimum Gasteiger partial charge on any atom is -0.361 e. The molecule has 0 atom stereocenters. The number of hydrogen-bond donors (Lipinski definition) is 0. The van der Waals surface area contributed by atoms with Gasteiger partial charge in [0.25, 0.3) is 0 Å². The summed E-state index contributed by atoms with van der Waals surface area (Å²) in [5, 5.41) is 3.91. The first-order chi connectivity index (χ1) is 12.9. The van der Waals surface area contributed by atoms with Crippen molar-refractivity contribution in [1.82, 2.24) is 14.4 Å². The van der Waals surface area contributed by atoms with Crippen molar-refractivity contribution in [2.24, 2.45) is 0 Å². The van der Waals surface area contributed by atoms with E-state index in [4.69, 9.17) is 4.52 Å². The van der Waals surface area contributed by atoms with E-state index in [1.165, 1.54) is 16.1 Å². The lowest BCUT2D eigenvalue weighted by atomic mass is 10.2. The molecule has 1 aromatic carbocycles. The standard InChI is InChI=1S/C18H23N3O4S2/c1-14-17(15(2)25-19-14)12-26-13-18(22)20-8-10-21(11-9-20)27(23,24)16-6-4-3-5-7-16/h3-7H,8-13H2,1-2H3. The summed E-state index contributed by atoms with van der Waals surface area (Å²) in [6.45, 7) is 5.22. The van der Waals surface area contributed by atoms with Crippen LogP contribution in [0.15, 0.2) is 39.8 Å². The number of sulfonamides is 1. The molecule has 1 aliphatic rings. The topological polar surface area (TPSA) is 83.7 Å². The quantitative estimate of drug-likeness (QED) is 0.726. The maximum atomic E-state index is 12.6. The molecular formula is C18H23N3O4S2.